The van der Waals surface area contributed by atoms with Gasteiger partial charge in [0.25, 0.3) is 0 Å². The second kappa shape index (κ2) is 9.33. The van der Waals surface area contributed by atoms with E-state index in [1.165, 1.54) is 5.56 Å². The number of hydrogen-bond acceptors (Lipinski definition) is 4. The van der Waals surface area contributed by atoms with E-state index in [1.54, 1.807) is 0 Å². The number of carbonyl (C=O) groups is 2. The summed E-state index contributed by atoms with van der Waals surface area (Å²) < 4.78 is 0. The molecule has 25 heavy (non-hydrogen) atoms. The normalized spacial score (nSPS) is 19.6. The Hall–Kier alpha value is -2.19. The van der Waals surface area contributed by atoms with Crippen molar-refractivity contribution in [2.45, 2.75) is 44.6 Å². The summed E-state index contributed by atoms with van der Waals surface area (Å²) in [6.07, 6.45) is 3.76. The van der Waals surface area contributed by atoms with Crippen LogP contribution in [0.25, 0.3) is 0 Å². The lowest BCUT2D eigenvalue weighted by molar-refractivity contribution is -0.139. The maximum absolute atomic E-state index is 11.7. The van der Waals surface area contributed by atoms with Gasteiger partial charge in [-0.1, -0.05) is 18.6 Å². The summed E-state index contributed by atoms with van der Waals surface area (Å²) in [5, 5.41) is 9.54. The van der Waals surface area contributed by atoms with Gasteiger partial charge in [0, 0.05) is 18.3 Å². The predicted molar refractivity (Wildman–Crippen MR) is 102 cm³/mol. The number of rotatable bonds is 4. The van der Waals surface area contributed by atoms with Gasteiger partial charge in [-0.3, -0.25) is 15.0 Å². The van der Waals surface area contributed by atoms with Gasteiger partial charge in [-0.2, -0.15) is 0 Å². The van der Waals surface area contributed by atoms with Gasteiger partial charge in [-0.15, -0.1) is 0 Å². The van der Waals surface area contributed by atoms with Gasteiger partial charge in [0.1, 0.15) is 0 Å². The maximum Gasteiger partial charge on any atom is 0.323 e. The smallest absolute Gasteiger partial charge is 0.323 e. The van der Waals surface area contributed by atoms with Crippen LogP contribution in [0.15, 0.2) is 24.3 Å². The van der Waals surface area contributed by atoms with Gasteiger partial charge < -0.3 is 16.0 Å². The average molecular weight is 363 g/mol. The zero-order valence-electron chi connectivity index (χ0n) is 14.3. The molecule has 1 saturated carbocycles. The molecular weight excluding hydrogens is 338 g/mol. The molecule has 1 aromatic carbocycles. The Morgan fingerprint density at radius 1 is 1.20 bits per heavy atom. The Morgan fingerprint density at radius 2 is 1.92 bits per heavy atom. The molecule has 2 unspecified atom stereocenters. The van der Waals surface area contributed by atoms with Gasteiger partial charge in [0.2, 0.25) is 0 Å². The van der Waals surface area contributed by atoms with Crippen LogP contribution in [0.2, 0.25) is 0 Å². The highest BCUT2D eigenvalue weighted by Gasteiger charge is 2.26. The third kappa shape index (κ3) is 5.68. The summed E-state index contributed by atoms with van der Waals surface area (Å²) in [7, 11) is 0. The number of carbonyl (C=O) groups excluding carboxylic acids is 2. The molecule has 0 heterocycles. The van der Waals surface area contributed by atoms with Gasteiger partial charge in [0.05, 0.1) is 0 Å². The molecule has 0 saturated heterocycles. The largest absolute Gasteiger partial charge is 0.363 e. The minimum absolute atomic E-state index is 0.0114. The van der Waals surface area contributed by atoms with E-state index in [4.69, 9.17) is 18.1 Å². The molecule has 0 aliphatic heterocycles. The van der Waals surface area contributed by atoms with Gasteiger partial charge in [-0.25, -0.2) is 5.84 Å². The number of benzene rings is 1. The highest BCUT2D eigenvalue weighted by Crippen LogP contribution is 2.33. The first-order valence-electron chi connectivity index (χ1n) is 8.49. The molecule has 136 valence electrons. The first kappa shape index (κ1) is 19.1. The molecule has 0 bridgehead atoms. The lowest BCUT2D eigenvalue weighted by Crippen LogP contribution is -2.47. The molecule has 2 amide bonds. The van der Waals surface area contributed by atoms with Gasteiger partial charge in [-0.05, 0) is 62.0 Å². The average Bonchev–Trinajstić information content (AvgIpc) is 2.62. The summed E-state index contributed by atoms with van der Waals surface area (Å²) in [5.41, 5.74) is 4.02. The Morgan fingerprint density at radius 3 is 2.56 bits per heavy atom. The van der Waals surface area contributed by atoms with E-state index in [0.29, 0.717) is 11.0 Å². The van der Waals surface area contributed by atoms with Crippen molar-refractivity contribution in [3.05, 3.63) is 29.8 Å². The fraction of sp³-hybridized carbons (Fsp3) is 0.471. The van der Waals surface area contributed by atoms with Crippen LogP contribution in [0.3, 0.4) is 0 Å². The number of hydrogen-bond donors (Lipinski definition) is 5. The summed E-state index contributed by atoms with van der Waals surface area (Å²) in [5.74, 6) is 3.85. The number of amides is 2. The number of anilines is 1. The fourth-order valence-electron chi connectivity index (χ4n) is 3.11. The quantitative estimate of drug-likeness (QED) is 0.180. The molecule has 1 fully saturated rings. The van der Waals surface area contributed by atoms with Gasteiger partial charge in [0.15, 0.2) is 5.11 Å². The molecule has 8 heteroatoms. The van der Waals surface area contributed by atoms with Crippen LogP contribution in [0, 0.1) is 0 Å². The zero-order valence-corrected chi connectivity index (χ0v) is 15.1. The third-order valence-corrected chi connectivity index (χ3v) is 4.57. The van der Waals surface area contributed by atoms with E-state index >= 15 is 0 Å². The molecular formula is C17H25N5O2S. The topological polar surface area (TPSA) is 108 Å². The van der Waals surface area contributed by atoms with E-state index < -0.39 is 11.8 Å². The van der Waals surface area contributed by atoms with Crippen molar-refractivity contribution in [2.75, 3.05) is 11.9 Å². The summed E-state index contributed by atoms with van der Waals surface area (Å²) in [6, 6.07) is 8.16. The van der Waals surface area contributed by atoms with E-state index in [2.05, 4.69) is 28.1 Å². The van der Waals surface area contributed by atoms with E-state index in [0.717, 1.165) is 37.9 Å². The molecule has 0 spiro atoms. The number of nitrogens with two attached hydrogens (primary N) is 1. The SMILES string of the molecule is CCNC(=S)Nc1ccc(C2CCCC(NC(=O)C(=O)NN)C2)cc1. The lowest BCUT2D eigenvalue weighted by Gasteiger charge is -2.30. The minimum Gasteiger partial charge on any atom is -0.363 e. The van der Waals surface area contributed by atoms with E-state index in [9.17, 15) is 9.59 Å². The van der Waals surface area contributed by atoms with Crippen molar-refractivity contribution < 1.29 is 9.59 Å². The summed E-state index contributed by atoms with van der Waals surface area (Å²) >= 11 is 5.18. The molecule has 2 atom stereocenters. The second-order valence-corrected chi connectivity index (χ2v) is 6.52. The summed E-state index contributed by atoms with van der Waals surface area (Å²) in [4.78, 5) is 22.9. The molecule has 1 aliphatic rings. The highest BCUT2D eigenvalue weighted by atomic mass is 32.1. The minimum atomic E-state index is -0.811. The van der Waals surface area contributed by atoms with Gasteiger partial charge >= 0.3 is 11.8 Å². The molecule has 1 aromatic rings. The molecule has 0 aromatic heterocycles. The Labute approximate surface area is 153 Å². The number of nitrogens with one attached hydrogen (secondary N) is 4. The van der Waals surface area contributed by atoms with Crippen molar-refractivity contribution in [1.82, 2.24) is 16.1 Å². The molecule has 6 N–H and O–H groups in total. The van der Waals surface area contributed by atoms with Crippen molar-refractivity contribution in [2.24, 2.45) is 5.84 Å². The van der Waals surface area contributed by atoms with E-state index in [1.807, 2.05) is 24.5 Å². The number of thiocarbonyl (C=S) groups is 1. The van der Waals surface area contributed by atoms with Crippen LogP contribution in [-0.2, 0) is 9.59 Å². The summed E-state index contributed by atoms with van der Waals surface area (Å²) in [6.45, 7) is 2.77. The zero-order chi connectivity index (χ0) is 18.2. The van der Waals surface area contributed by atoms with Crippen molar-refractivity contribution >= 4 is 34.8 Å². The molecule has 7 nitrogen and oxygen atoms in total. The highest BCUT2D eigenvalue weighted by molar-refractivity contribution is 7.80. The van der Waals surface area contributed by atoms with Crippen LogP contribution in [0.4, 0.5) is 5.69 Å². The molecule has 1 aliphatic carbocycles. The van der Waals surface area contributed by atoms with E-state index in [-0.39, 0.29) is 6.04 Å². The molecule has 0 radical (unpaired) electrons. The van der Waals surface area contributed by atoms with Crippen molar-refractivity contribution in [3.63, 3.8) is 0 Å². The third-order valence-electron chi connectivity index (χ3n) is 4.32. The first-order valence-corrected chi connectivity index (χ1v) is 8.90. The predicted octanol–water partition coefficient (Wildman–Crippen LogP) is 1.13. The van der Waals surface area contributed by atoms with Crippen LogP contribution < -0.4 is 27.2 Å². The number of hydrazine groups is 1. The van der Waals surface area contributed by atoms with Crippen molar-refractivity contribution in [1.29, 1.82) is 0 Å². The van der Waals surface area contributed by atoms with Crippen molar-refractivity contribution in [3.8, 4) is 0 Å². The Kier molecular flexibility index (Phi) is 7.15. The first-order chi connectivity index (χ1) is 12.0. The standard InChI is InChI=1S/C17H25N5O2S/c1-2-19-17(25)21-13-8-6-11(7-9-13)12-4-3-5-14(10-12)20-15(23)16(24)22-18/h6-9,12,14H,2-5,10,18H2,1H3,(H,20,23)(H,22,24)(H2,19,21,25). The van der Waals surface area contributed by atoms with Crippen LogP contribution in [0.1, 0.15) is 44.1 Å². The van der Waals surface area contributed by atoms with Crippen LogP contribution >= 0.6 is 12.2 Å². The van der Waals surface area contributed by atoms with Crippen LogP contribution in [0.5, 0.6) is 0 Å². The second-order valence-electron chi connectivity index (χ2n) is 6.11. The maximum atomic E-state index is 11.7. The fourth-order valence-corrected chi connectivity index (χ4v) is 3.38. The Balaban J connectivity index is 1.93. The molecule has 2 rings (SSSR count). The lowest BCUT2D eigenvalue weighted by atomic mass is 9.81. The van der Waals surface area contributed by atoms with Crippen LogP contribution in [-0.4, -0.2) is 29.5 Å². The monoisotopic (exact) mass is 363 g/mol. The Bertz CT molecular complexity index is 620.